The monoisotopic (exact) mass is 1400 g/mol. The molecule has 0 aliphatic carbocycles. The Balaban J connectivity index is 0.000000123. The quantitative estimate of drug-likeness (QED) is 0.0882. The highest BCUT2D eigenvalue weighted by Crippen LogP contribution is 2.40. The fourth-order valence-electron chi connectivity index (χ4n) is 9.64. The lowest BCUT2D eigenvalue weighted by molar-refractivity contribution is -0.0431. The molecule has 0 fully saturated rings. The molecule has 516 valence electrons. The first-order valence-corrected chi connectivity index (χ1v) is 31.1. The van der Waals surface area contributed by atoms with Gasteiger partial charge in [-0.2, -0.15) is 39.9 Å². The van der Waals surface area contributed by atoms with Crippen molar-refractivity contribution >= 4 is 69.6 Å². The molecule has 0 saturated heterocycles. The third kappa shape index (κ3) is 16.7. The average Bonchev–Trinajstić information content (AvgIpc) is 1.58. The minimum absolute atomic E-state index is 0.0385. The second kappa shape index (κ2) is 29.9. The van der Waals surface area contributed by atoms with Crippen LogP contribution in [0, 0.1) is 39.3 Å². The van der Waals surface area contributed by atoms with E-state index in [9.17, 15) is 28.0 Å². The number of ether oxygens (including phenoxy) is 4. The molecule has 32 nitrogen and oxygen atoms in total. The molecule has 2 aliphatic rings. The van der Waals surface area contributed by atoms with Gasteiger partial charge in [-0.25, -0.2) is 38.7 Å². The van der Waals surface area contributed by atoms with E-state index in [1.807, 2.05) is 12.1 Å². The fraction of sp³-hybridized carbons (Fsp3) is 0.114. The van der Waals surface area contributed by atoms with Gasteiger partial charge in [-0.1, -0.05) is 24.3 Å². The summed E-state index contributed by atoms with van der Waals surface area (Å²) in [6.45, 7) is 10.6. The number of anilines is 4. The zero-order valence-electron chi connectivity index (χ0n) is 55.3. The third-order valence-electron chi connectivity index (χ3n) is 14.1. The van der Waals surface area contributed by atoms with Crippen molar-refractivity contribution in [1.29, 1.82) is 0 Å². The van der Waals surface area contributed by atoms with E-state index in [0.717, 1.165) is 6.07 Å². The Morgan fingerprint density at radius 1 is 0.365 bits per heavy atom. The highest BCUT2D eigenvalue weighted by molar-refractivity contribution is 6.05. The van der Waals surface area contributed by atoms with Gasteiger partial charge in [-0.15, -0.1) is 0 Å². The number of halogens is 2. The zero-order valence-corrected chi connectivity index (χ0v) is 55.3. The number of oxazole rings is 2. The molecular weight excluding hydrogens is 1350 g/mol. The van der Waals surface area contributed by atoms with Crippen molar-refractivity contribution in [1.82, 2.24) is 89.7 Å². The van der Waals surface area contributed by atoms with Crippen LogP contribution in [0.4, 0.5) is 32.6 Å². The van der Waals surface area contributed by atoms with Crippen LogP contribution >= 0.6 is 0 Å². The standard InChI is InChI=1S/C19H17N5O3.2C17H11FN6O2.C17H13N5O3/c1-11-21-16(13-6-4-5-9-20-13)23-18(22-11)24-17(25)12-7-8-14-15(10-12)27-19(2,3)26-14;1-9-20-14(12-4-2-3-7-19-12)23-17(21-9)24-15(25)16-22-11-6-5-10(18)8-13(11)26-16;1-9-20-14(11-4-2-3-7-19-11)23-17(21-9)24-15(25)16-22-12-8-10(18)5-6-13(12)26-16;1-10-19-15(12-4-2-3-7-18-12)21-17(20-10)22-16(23)11-5-6-13-14(8-11)25-9-24-13/h4-10H,1-3H3,(H,21,22,23,24,25);2*2-8H,1H3,(H,20,21,23,24,25);2-8H,9H2,1H3,(H,19,20,21,22,23). The lowest BCUT2D eigenvalue weighted by Gasteiger charge is -2.16. The first-order chi connectivity index (χ1) is 50.2. The molecule has 0 saturated carbocycles. The summed E-state index contributed by atoms with van der Waals surface area (Å²) in [5.41, 5.74) is 4.23. The average molecular weight is 1400 g/mol. The zero-order chi connectivity index (χ0) is 72.4. The summed E-state index contributed by atoms with van der Waals surface area (Å²) < 4.78 is 58.9. The summed E-state index contributed by atoms with van der Waals surface area (Å²) in [4.78, 5) is 125. The largest absolute Gasteiger partial charge is 0.454 e. The van der Waals surface area contributed by atoms with Crippen LogP contribution in [-0.4, -0.2) is 126 Å². The molecule has 0 bridgehead atoms. The number of nitrogens with one attached hydrogen (secondary N) is 4. The molecule has 14 aromatic rings. The molecule has 34 heteroatoms. The number of fused-ring (bicyclic) bond motifs is 4. The van der Waals surface area contributed by atoms with Gasteiger partial charge in [-0.05, 0) is 137 Å². The van der Waals surface area contributed by atoms with Crippen molar-refractivity contribution in [2.75, 3.05) is 28.1 Å². The predicted octanol–water partition coefficient (Wildman–Crippen LogP) is 10.8. The SMILES string of the molecule is Cc1nc(NC(=O)c2ccc3c(c2)OC(C)(C)O3)nc(-c2ccccn2)n1.Cc1nc(NC(=O)c2ccc3c(c2)OCO3)nc(-c2ccccn2)n1.Cc1nc(NC(=O)c2nc3cc(F)ccc3o2)nc(-c2ccccn2)n1.Cc1nc(NC(=O)c2nc3ccc(F)cc3o2)nc(-c2ccccn2)n1. The molecule has 16 rings (SSSR count). The van der Waals surface area contributed by atoms with Crippen LogP contribution in [0.3, 0.4) is 0 Å². The second-order valence-corrected chi connectivity index (χ2v) is 22.4. The molecule has 0 radical (unpaired) electrons. The molecule has 10 aromatic heterocycles. The normalized spacial score (nSPS) is 12.0. The van der Waals surface area contributed by atoms with Crippen LogP contribution < -0.4 is 40.2 Å². The Hall–Kier alpha value is -14.6. The van der Waals surface area contributed by atoms with Gasteiger partial charge in [0.2, 0.25) is 36.4 Å². The number of hydrogen-bond acceptors (Lipinski definition) is 28. The van der Waals surface area contributed by atoms with Crippen molar-refractivity contribution in [3.05, 3.63) is 228 Å². The van der Waals surface area contributed by atoms with Crippen LogP contribution in [-0.2, 0) is 0 Å². The third-order valence-corrected chi connectivity index (χ3v) is 14.1. The highest BCUT2D eigenvalue weighted by Gasteiger charge is 2.32. The molecule has 4 N–H and O–H groups in total. The molecule has 4 amide bonds. The topological polar surface area (TPSA) is 412 Å². The fourth-order valence-corrected chi connectivity index (χ4v) is 9.64. The number of rotatable bonds is 12. The van der Waals surface area contributed by atoms with Gasteiger partial charge in [0.1, 0.15) is 68.7 Å². The van der Waals surface area contributed by atoms with Gasteiger partial charge in [-0.3, -0.25) is 60.4 Å². The Bertz CT molecular complexity index is 5380. The number of benzene rings is 4. The molecule has 0 unspecified atom stereocenters. The highest BCUT2D eigenvalue weighted by atomic mass is 19.1. The Labute approximate surface area is 585 Å². The molecule has 0 atom stereocenters. The van der Waals surface area contributed by atoms with Crippen molar-refractivity contribution in [2.24, 2.45) is 0 Å². The Morgan fingerprint density at radius 2 is 0.750 bits per heavy atom. The minimum atomic E-state index is -0.750. The maximum absolute atomic E-state index is 13.2. The number of aromatic nitrogens is 18. The molecule has 104 heavy (non-hydrogen) atoms. The van der Waals surface area contributed by atoms with Crippen molar-refractivity contribution in [2.45, 2.75) is 47.3 Å². The smallest absolute Gasteiger partial charge is 0.313 e. The molecule has 0 spiro atoms. The maximum Gasteiger partial charge on any atom is 0.313 e. The summed E-state index contributed by atoms with van der Waals surface area (Å²) in [5, 5.41) is 10.4. The Kier molecular flexibility index (Phi) is 19.5. The first-order valence-electron chi connectivity index (χ1n) is 31.1. The number of carbonyl (C=O) groups is 4. The summed E-state index contributed by atoms with van der Waals surface area (Å²) in [5.74, 6) is 1.76. The number of pyridine rings is 4. The summed E-state index contributed by atoms with van der Waals surface area (Å²) in [6, 6.07) is 39.1. The number of hydrogen-bond donors (Lipinski definition) is 4. The van der Waals surface area contributed by atoms with Crippen molar-refractivity contribution < 1.29 is 55.7 Å². The van der Waals surface area contributed by atoms with Crippen LogP contribution in [0.5, 0.6) is 23.0 Å². The number of amides is 4. The second-order valence-electron chi connectivity index (χ2n) is 22.4. The van der Waals surface area contributed by atoms with E-state index in [1.54, 1.807) is 163 Å². The molecule has 2 aliphatic heterocycles. The number of nitrogens with zero attached hydrogens (tertiary/aromatic N) is 18. The minimum Gasteiger partial charge on any atom is -0.454 e. The van der Waals surface area contributed by atoms with Gasteiger partial charge >= 0.3 is 11.8 Å². The summed E-state index contributed by atoms with van der Waals surface area (Å²) in [7, 11) is 0. The van der Waals surface area contributed by atoms with E-state index in [1.165, 1.54) is 30.3 Å². The van der Waals surface area contributed by atoms with Crippen molar-refractivity contribution in [3.8, 4) is 69.1 Å². The lowest BCUT2D eigenvalue weighted by Crippen LogP contribution is -2.29. The van der Waals surface area contributed by atoms with E-state index < -0.39 is 29.2 Å². The maximum atomic E-state index is 13.2. The first kappa shape index (κ1) is 67.9. The lowest BCUT2D eigenvalue weighted by atomic mass is 10.2. The van der Waals surface area contributed by atoms with Crippen LogP contribution in [0.1, 0.15) is 79.2 Å². The summed E-state index contributed by atoms with van der Waals surface area (Å²) in [6.07, 6.45) is 6.54. The van der Waals surface area contributed by atoms with Gasteiger partial charge in [0, 0.05) is 61.9 Å². The number of carbonyl (C=O) groups excluding carboxylic acids is 4. The van der Waals surface area contributed by atoms with E-state index in [-0.39, 0.29) is 65.3 Å². The molecule has 4 aromatic carbocycles. The van der Waals surface area contributed by atoms with Gasteiger partial charge in [0.25, 0.3) is 23.6 Å². The Morgan fingerprint density at radius 3 is 1.20 bits per heavy atom. The number of aryl methyl sites for hydroxylation is 4. The van der Waals surface area contributed by atoms with Crippen LogP contribution in [0.15, 0.2) is 179 Å². The van der Waals surface area contributed by atoms with E-state index in [2.05, 4.69) is 111 Å². The van der Waals surface area contributed by atoms with Crippen LogP contribution in [0.25, 0.3) is 68.3 Å². The van der Waals surface area contributed by atoms with E-state index >= 15 is 0 Å². The van der Waals surface area contributed by atoms with Gasteiger partial charge in [0.15, 0.2) is 57.5 Å². The van der Waals surface area contributed by atoms with E-state index in [4.69, 9.17) is 27.8 Å². The van der Waals surface area contributed by atoms with Gasteiger partial charge < -0.3 is 27.8 Å². The molecule has 12 heterocycles. The van der Waals surface area contributed by atoms with Crippen LogP contribution in [0.2, 0.25) is 0 Å². The molecular formula is C70H52F2N22O10. The van der Waals surface area contributed by atoms with Crippen molar-refractivity contribution in [3.63, 3.8) is 0 Å². The predicted molar refractivity (Wildman–Crippen MR) is 365 cm³/mol. The van der Waals surface area contributed by atoms with E-state index in [0.29, 0.717) is 115 Å². The van der Waals surface area contributed by atoms with Gasteiger partial charge in [0.05, 0.1) is 0 Å². The summed E-state index contributed by atoms with van der Waals surface area (Å²) >= 11 is 0.